The zero-order valence-electron chi connectivity index (χ0n) is 16.7. The van der Waals surface area contributed by atoms with E-state index in [1.165, 1.54) is 11.1 Å². The Morgan fingerprint density at radius 3 is 2.33 bits per heavy atom. The molecule has 1 heterocycles. The maximum absolute atomic E-state index is 5.68. The first-order valence-corrected chi connectivity index (χ1v) is 9.53. The second-order valence-electron chi connectivity index (χ2n) is 6.78. The largest absolute Gasteiger partial charge is 0.493 e. The van der Waals surface area contributed by atoms with Gasteiger partial charge >= 0.3 is 0 Å². The van der Waals surface area contributed by atoms with Gasteiger partial charge in [-0.15, -0.1) is 0 Å². The Kier molecular flexibility index (Phi) is 6.58. The summed E-state index contributed by atoms with van der Waals surface area (Å²) in [7, 11) is 4.97. The molecule has 2 aromatic carbocycles. The molecule has 1 atom stereocenters. The third-order valence-electron chi connectivity index (χ3n) is 5.29. The van der Waals surface area contributed by atoms with E-state index in [2.05, 4.69) is 47.5 Å². The Balaban J connectivity index is 1.88. The molecular formula is C22H30N2O3. The van der Waals surface area contributed by atoms with Gasteiger partial charge in [0.05, 0.1) is 21.3 Å². The van der Waals surface area contributed by atoms with Crippen LogP contribution in [0.2, 0.25) is 0 Å². The van der Waals surface area contributed by atoms with Gasteiger partial charge in [-0.2, -0.15) is 0 Å². The highest BCUT2D eigenvalue weighted by Gasteiger charge is 2.26. The van der Waals surface area contributed by atoms with Crippen LogP contribution in [0.15, 0.2) is 36.4 Å². The molecular weight excluding hydrogens is 340 g/mol. The van der Waals surface area contributed by atoms with Crippen LogP contribution in [0.25, 0.3) is 0 Å². The molecule has 1 N–H and O–H groups in total. The van der Waals surface area contributed by atoms with Gasteiger partial charge in [0.2, 0.25) is 5.75 Å². The summed E-state index contributed by atoms with van der Waals surface area (Å²) in [4.78, 5) is 2.50. The summed E-state index contributed by atoms with van der Waals surface area (Å²) in [5.41, 5.74) is 3.82. The molecule has 1 unspecified atom stereocenters. The molecule has 27 heavy (non-hydrogen) atoms. The molecule has 1 aliphatic rings. The summed E-state index contributed by atoms with van der Waals surface area (Å²) < 4.78 is 16.6. The Labute approximate surface area is 162 Å². The molecule has 0 aliphatic carbocycles. The molecule has 5 nitrogen and oxygen atoms in total. The van der Waals surface area contributed by atoms with Gasteiger partial charge in [-0.25, -0.2) is 0 Å². The van der Waals surface area contributed by atoms with E-state index in [9.17, 15) is 0 Å². The molecule has 1 aliphatic heterocycles. The van der Waals surface area contributed by atoms with Gasteiger partial charge in [-0.05, 0) is 23.6 Å². The summed E-state index contributed by atoms with van der Waals surface area (Å²) in [6.07, 6.45) is 1.07. The molecule has 3 rings (SSSR count). The number of hydrogen-bond donors (Lipinski definition) is 1. The van der Waals surface area contributed by atoms with Crippen LogP contribution in [-0.4, -0.2) is 45.9 Å². The van der Waals surface area contributed by atoms with Gasteiger partial charge < -0.3 is 19.5 Å². The number of nitrogens with one attached hydrogen (secondary N) is 1. The third kappa shape index (κ3) is 4.20. The number of rotatable bonds is 7. The molecule has 0 spiro atoms. The quantitative estimate of drug-likeness (QED) is 0.809. The molecule has 5 heteroatoms. The second kappa shape index (κ2) is 9.11. The lowest BCUT2D eigenvalue weighted by atomic mass is 10.00. The maximum atomic E-state index is 5.68. The molecule has 0 radical (unpaired) electrons. The average molecular weight is 370 g/mol. The van der Waals surface area contributed by atoms with E-state index in [0.29, 0.717) is 17.5 Å². The van der Waals surface area contributed by atoms with Crippen LogP contribution in [0, 0.1) is 0 Å². The van der Waals surface area contributed by atoms with Gasteiger partial charge in [0.1, 0.15) is 0 Å². The lowest BCUT2D eigenvalue weighted by molar-refractivity contribution is 0.151. The van der Waals surface area contributed by atoms with E-state index >= 15 is 0 Å². The van der Waals surface area contributed by atoms with Crippen LogP contribution in [-0.2, 0) is 13.0 Å². The van der Waals surface area contributed by atoms with E-state index in [0.717, 1.165) is 43.9 Å². The molecule has 2 aromatic rings. The highest BCUT2D eigenvalue weighted by atomic mass is 16.5. The Hall–Kier alpha value is -2.24. The van der Waals surface area contributed by atoms with Crippen LogP contribution in [0.3, 0.4) is 0 Å². The number of methoxy groups -OCH3 is 3. The first-order valence-electron chi connectivity index (χ1n) is 9.53. The van der Waals surface area contributed by atoms with Gasteiger partial charge in [0.25, 0.3) is 0 Å². The van der Waals surface area contributed by atoms with E-state index in [1.54, 1.807) is 21.3 Å². The molecule has 0 bridgehead atoms. The number of ether oxygens (including phenoxy) is 3. The monoisotopic (exact) mass is 370 g/mol. The highest BCUT2D eigenvalue weighted by Crippen LogP contribution is 2.41. The number of hydrogen-bond acceptors (Lipinski definition) is 5. The normalized spacial score (nSPS) is 17.6. The lowest BCUT2D eigenvalue weighted by Gasteiger charge is -2.37. The molecule has 0 amide bonds. The number of piperazine rings is 1. The smallest absolute Gasteiger partial charge is 0.203 e. The molecule has 0 saturated carbocycles. The Morgan fingerprint density at radius 2 is 1.70 bits per heavy atom. The third-order valence-corrected chi connectivity index (χ3v) is 5.29. The van der Waals surface area contributed by atoms with Crippen molar-refractivity contribution in [2.45, 2.75) is 25.9 Å². The first-order chi connectivity index (χ1) is 13.2. The van der Waals surface area contributed by atoms with Gasteiger partial charge in [-0.3, -0.25) is 4.90 Å². The van der Waals surface area contributed by atoms with Crippen molar-refractivity contribution in [3.05, 3.63) is 53.1 Å². The first kappa shape index (κ1) is 19.5. The van der Waals surface area contributed by atoms with Crippen LogP contribution in [0.5, 0.6) is 17.2 Å². The zero-order chi connectivity index (χ0) is 19.2. The van der Waals surface area contributed by atoms with Crippen LogP contribution >= 0.6 is 0 Å². The summed E-state index contributed by atoms with van der Waals surface area (Å²) in [5.74, 6) is 2.08. The summed E-state index contributed by atoms with van der Waals surface area (Å²) in [5, 5.41) is 3.53. The summed E-state index contributed by atoms with van der Waals surface area (Å²) >= 11 is 0. The van der Waals surface area contributed by atoms with Crippen molar-refractivity contribution in [3.63, 3.8) is 0 Å². The van der Waals surface area contributed by atoms with Crippen molar-refractivity contribution in [2.24, 2.45) is 0 Å². The fraction of sp³-hybridized carbons (Fsp3) is 0.455. The van der Waals surface area contributed by atoms with Gasteiger partial charge in [0, 0.05) is 37.8 Å². The predicted molar refractivity (Wildman–Crippen MR) is 108 cm³/mol. The summed E-state index contributed by atoms with van der Waals surface area (Å²) in [6.45, 7) is 5.90. The van der Waals surface area contributed by atoms with E-state index in [-0.39, 0.29) is 0 Å². The van der Waals surface area contributed by atoms with Gasteiger partial charge in [-0.1, -0.05) is 37.3 Å². The van der Waals surface area contributed by atoms with Crippen molar-refractivity contribution < 1.29 is 14.2 Å². The SMILES string of the molecule is CCc1ccc(C2CNCCN2Cc2ccc(OC)c(OC)c2OC)cc1. The van der Waals surface area contributed by atoms with Crippen LogP contribution in [0.1, 0.15) is 29.7 Å². The van der Waals surface area contributed by atoms with E-state index < -0.39 is 0 Å². The van der Waals surface area contributed by atoms with Crippen LogP contribution in [0.4, 0.5) is 0 Å². The fourth-order valence-corrected chi connectivity index (χ4v) is 3.75. The minimum Gasteiger partial charge on any atom is -0.493 e. The topological polar surface area (TPSA) is 43.0 Å². The van der Waals surface area contributed by atoms with Crippen molar-refractivity contribution in [3.8, 4) is 17.2 Å². The number of nitrogens with zero attached hydrogens (tertiary/aromatic N) is 1. The number of aryl methyl sites for hydroxylation is 1. The lowest BCUT2D eigenvalue weighted by Crippen LogP contribution is -2.45. The predicted octanol–water partition coefficient (Wildman–Crippen LogP) is 3.42. The minimum absolute atomic E-state index is 0.336. The second-order valence-corrected chi connectivity index (χ2v) is 6.78. The minimum atomic E-state index is 0.336. The maximum Gasteiger partial charge on any atom is 0.203 e. The van der Waals surface area contributed by atoms with E-state index in [4.69, 9.17) is 14.2 Å². The van der Waals surface area contributed by atoms with Crippen molar-refractivity contribution >= 4 is 0 Å². The Bertz CT molecular complexity index is 746. The fourth-order valence-electron chi connectivity index (χ4n) is 3.75. The average Bonchev–Trinajstić information content (AvgIpc) is 2.73. The van der Waals surface area contributed by atoms with Crippen molar-refractivity contribution in [2.75, 3.05) is 41.0 Å². The molecule has 1 fully saturated rings. The van der Waals surface area contributed by atoms with Crippen LogP contribution < -0.4 is 19.5 Å². The molecule has 146 valence electrons. The van der Waals surface area contributed by atoms with Gasteiger partial charge in [0.15, 0.2) is 11.5 Å². The highest BCUT2D eigenvalue weighted by molar-refractivity contribution is 5.55. The Morgan fingerprint density at radius 1 is 0.963 bits per heavy atom. The molecule has 1 saturated heterocycles. The summed E-state index contributed by atoms with van der Waals surface area (Å²) in [6, 6.07) is 13.3. The van der Waals surface area contributed by atoms with Crippen molar-refractivity contribution in [1.29, 1.82) is 0 Å². The standard InChI is InChI=1S/C22H30N2O3/c1-5-16-6-8-17(9-7-16)19-14-23-12-13-24(19)15-18-10-11-20(25-2)22(27-4)21(18)26-3/h6-11,19,23H,5,12-15H2,1-4H3. The molecule has 0 aromatic heterocycles. The van der Waals surface area contributed by atoms with E-state index in [1.807, 2.05) is 6.07 Å². The van der Waals surface area contributed by atoms with Crippen molar-refractivity contribution in [1.82, 2.24) is 10.2 Å². The number of benzene rings is 2. The zero-order valence-corrected chi connectivity index (χ0v) is 16.7.